The van der Waals surface area contributed by atoms with Gasteiger partial charge in [-0.05, 0) is 38.5 Å². The second-order valence-electron chi connectivity index (χ2n) is 7.49. The zero-order valence-electron chi connectivity index (χ0n) is 15.7. The number of carbonyl (C=O) groups is 1. The van der Waals surface area contributed by atoms with Crippen LogP contribution in [0.15, 0.2) is 59.5 Å². The summed E-state index contributed by atoms with van der Waals surface area (Å²) in [6.07, 6.45) is 0. The smallest absolute Gasteiger partial charge is 0.334 e. The Morgan fingerprint density at radius 2 is 1.68 bits per heavy atom. The topological polar surface area (TPSA) is 107 Å². The predicted molar refractivity (Wildman–Crippen MR) is 101 cm³/mol. The number of nitrogens with zero attached hydrogens (tertiary/aromatic N) is 2. The van der Waals surface area contributed by atoms with Crippen LogP contribution >= 0.6 is 0 Å². The molecule has 0 saturated carbocycles. The number of non-ortho nitro benzene ring substituents is 1. The number of carbonyl (C=O) groups excluding carboxylic acids is 1. The van der Waals surface area contributed by atoms with Gasteiger partial charge in [-0.2, -0.15) is 4.31 Å². The first-order valence-corrected chi connectivity index (χ1v) is 9.99. The number of benzene rings is 2. The molecule has 0 amide bonds. The van der Waals surface area contributed by atoms with E-state index in [1.165, 1.54) is 0 Å². The highest BCUT2D eigenvalue weighted by molar-refractivity contribution is 7.89. The minimum absolute atomic E-state index is 0.0642. The van der Waals surface area contributed by atoms with Crippen molar-refractivity contribution in [3.63, 3.8) is 0 Å². The fourth-order valence-corrected chi connectivity index (χ4v) is 4.61. The summed E-state index contributed by atoms with van der Waals surface area (Å²) in [5.41, 5.74) is -1.94. The molecule has 28 heavy (non-hydrogen) atoms. The van der Waals surface area contributed by atoms with Crippen LogP contribution in [-0.4, -0.2) is 35.8 Å². The van der Waals surface area contributed by atoms with E-state index in [0.29, 0.717) is 5.56 Å². The first-order valence-electron chi connectivity index (χ1n) is 8.55. The third kappa shape index (κ3) is 3.50. The van der Waals surface area contributed by atoms with E-state index in [-0.39, 0.29) is 17.1 Å². The van der Waals surface area contributed by atoms with E-state index in [4.69, 9.17) is 4.74 Å². The second-order valence-corrected chi connectivity index (χ2v) is 9.35. The number of hydrogen-bond donors (Lipinski definition) is 0. The molecule has 0 aliphatic carbocycles. The molecule has 2 aromatic rings. The second kappa shape index (κ2) is 6.68. The van der Waals surface area contributed by atoms with Crippen LogP contribution in [0.25, 0.3) is 0 Å². The normalized spacial score (nSPS) is 21.8. The molecule has 1 saturated heterocycles. The monoisotopic (exact) mass is 404 g/mol. The van der Waals surface area contributed by atoms with Crippen LogP contribution in [0, 0.1) is 10.1 Å². The fourth-order valence-electron chi connectivity index (χ4n) is 2.93. The van der Waals surface area contributed by atoms with Gasteiger partial charge in [-0.25, -0.2) is 13.2 Å². The maximum Gasteiger partial charge on any atom is 0.334 e. The van der Waals surface area contributed by atoms with E-state index in [1.807, 2.05) is 0 Å². The molecular formula is C19H20N2O6S. The summed E-state index contributed by atoms with van der Waals surface area (Å²) in [4.78, 5) is 23.0. The van der Waals surface area contributed by atoms with Gasteiger partial charge < -0.3 is 4.74 Å². The molecule has 0 spiro atoms. The highest BCUT2D eigenvalue weighted by Crippen LogP contribution is 2.48. The lowest BCUT2D eigenvalue weighted by Crippen LogP contribution is -2.36. The largest absolute Gasteiger partial charge is 0.458 e. The van der Waals surface area contributed by atoms with Gasteiger partial charge in [-0.15, -0.1) is 0 Å². The van der Waals surface area contributed by atoms with Crippen molar-refractivity contribution >= 4 is 21.7 Å². The summed E-state index contributed by atoms with van der Waals surface area (Å²) in [7, 11) is -4.05. The van der Waals surface area contributed by atoms with E-state index in [0.717, 1.165) is 28.6 Å². The van der Waals surface area contributed by atoms with Crippen LogP contribution in [0.3, 0.4) is 0 Å². The van der Waals surface area contributed by atoms with Crippen molar-refractivity contribution in [3.8, 4) is 0 Å². The molecule has 1 fully saturated rings. The van der Waals surface area contributed by atoms with E-state index in [9.17, 15) is 23.3 Å². The molecule has 1 heterocycles. The van der Waals surface area contributed by atoms with E-state index >= 15 is 0 Å². The van der Waals surface area contributed by atoms with Gasteiger partial charge in [0.2, 0.25) is 10.0 Å². The molecule has 0 radical (unpaired) electrons. The first-order chi connectivity index (χ1) is 13.0. The SMILES string of the molecule is CC(C)(C)OC(=O)C1(c2ccccc2)CN1S(=O)(=O)c1ccc([N+](=O)[O-])cc1. The van der Waals surface area contributed by atoms with Crippen LogP contribution < -0.4 is 0 Å². The molecule has 0 N–H and O–H groups in total. The third-order valence-electron chi connectivity index (χ3n) is 4.32. The number of nitro benzene ring substituents is 1. The van der Waals surface area contributed by atoms with Crippen molar-refractivity contribution in [1.29, 1.82) is 0 Å². The maximum absolute atomic E-state index is 13.1. The Balaban J connectivity index is 2.01. The lowest BCUT2D eigenvalue weighted by molar-refractivity contribution is -0.384. The zero-order chi connectivity index (χ0) is 20.7. The van der Waals surface area contributed by atoms with Crippen LogP contribution in [0.1, 0.15) is 26.3 Å². The summed E-state index contributed by atoms with van der Waals surface area (Å²) in [6.45, 7) is 5.06. The van der Waals surface area contributed by atoms with Crippen LogP contribution in [0.2, 0.25) is 0 Å². The summed E-state index contributed by atoms with van der Waals surface area (Å²) >= 11 is 0. The third-order valence-corrected chi connectivity index (χ3v) is 6.21. The number of ether oxygens (including phenoxy) is 1. The van der Waals surface area contributed by atoms with Crippen molar-refractivity contribution < 1.29 is 22.9 Å². The highest BCUT2D eigenvalue weighted by Gasteiger charge is 2.67. The van der Waals surface area contributed by atoms with Gasteiger partial charge in [0, 0.05) is 12.1 Å². The van der Waals surface area contributed by atoms with Crippen molar-refractivity contribution in [3.05, 3.63) is 70.3 Å². The average Bonchev–Trinajstić information content (AvgIpc) is 3.39. The van der Waals surface area contributed by atoms with Gasteiger partial charge in [-0.1, -0.05) is 30.3 Å². The zero-order valence-corrected chi connectivity index (χ0v) is 16.5. The lowest BCUT2D eigenvalue weighted by Gasteiger charge is -2.24. The standard InChI is InChI=1S/C19H20N2O6S/c1-18(2,3)27-17(22)19(14-7-5-4-6-8-14)13-20(19)28(25,26)16-11-9-15(10-12-16)21(23)24/h4-12H,13H2,1-3H3. The van der Waals surface area contributed by atoms with Crippen molar-refractivity contribution in [2.45, 2.75) is 36.8 Å². The van der Waals surface area contributed by atoms with Crippen molar-refractivity contribution in [1.82, 2.24) is 4.31 Å². The van der Waals surface area contributed by atoms with Gasteiger partial charge in [0.05, 0.1) is 16.4 Å². The molecule has 148 valence electrons. The molecule has 3 rings (SSSR count). The summed E-state index contributed by atoms with van der Waals surface area (Å²) in [6, 6.07) is 13.1. The molecule has 0 bridgehead atoms. The number of rotatable bonds is 5. The number of sulfonamides is 1. The molecule has 2 atom stereocenters. The van der Waals surface area contributed by atoms with Gasteiger partial charge in [-0.3, -0.25) is 10.1 Å². The first kappa shape index (κ1) is 20.0. The summed E-state index contributed by atoms with van der Waals surface area (Å²) < 4.78 is 32.7. The van der Waals surface area contributed by atoms with Gasteiger partial charge >= 0.3 is 5.97 Å². The lowest BCUT2D eigenvalue weighted by atomic mass is 9.99. The number of nitro groups is 1. The van der Waals surface area contributed by atoms with Gasteiger partial charge in [0.15, 0.2) is 5.54 Å². The molecule has 9 heteroatoms. The molecule has 8 nitrogen and oxygen atoms in total. The Morgan fingerprint density at radius 3 is 2.18 bits per heavy atom. The van der Waals surface area contributed by atoms with Crippen molar-refractivity contribution in [2.75, 3.05) is 6.54 Å². The van der Waals surface area contributed by atoms with Gasteiger partial charge in [0.25, 0.3) is 5.69 Å². The van der Waals surface area contributed by atoms with Crippen LogP contribution in [0.4, 0.5) is 5.69 Å². The summed E-state index contributed by atoms with van der Waals surface area (Å²) in [5.74, 6) is -0.656. The van der Waals surface area contributed by atoms with E-state index < -0.39 is 32.1 Å². The molecule has 1 aliphatic rings. The predicted octanol–water partition coefficient (Wildman–Crippen LogP) is 2.84. The quantitative estimate of drug-likeness (QED) is 0.328. The molecular weight excluding hydrogens is 384 g/mol. The van der Waals surface area contributed by atoms with Crippen LogP contribution in [0.5, 0.6) is 0 Å². The minimum Gasteiger partial charge on any atom is -0.458 e. The maximum atomic E-state index is 13.1. The number of esters is 1. The molecule has 2 aromatic carbocycles. The highest BCUT2D eigenvalue weighted by atomic mass is 32.2. The fraction of sp³-hybridized carbons (Fsp3) is 0.316. The molecule has 1 aliphatic heterocycles. The summed E-state index contributed by atoms with van der Waals surface area (Å²) in [5, 5.41) is 10.8. The van der Waals surface area contributed by atoms with E-state index in [2.05, 4.69) is 0 Å². The Morgan fingerprint density at radius 1 is 1.11 bits per heavy atom. The van der Waals surface area contributed by atoms with Crippen LogP contribution in [-0.2, 0) is 25.1 Å². The average molecular weight is 404 g/mol. The Bertz CT molecular complexity index is 1010. The molecule has 0 aromatic heterocycles. The van der Waals surface area contributed by atoms with E-state index in [1.54, 1.807) is 51.1 Å². The molecule has 2 unspecified atom stereocenters. The Labute approximate surface area is 162 Å². The van der Waals surface area contributed by atoms with Gasteiger partial charge in [0.1, 0.15) is 5.60 Å². The Hall–Kier alpha value is -2.78. The minimum atomic E-state index is -4.05. The number of hydrogen-bond acceptors (Lipinski definition) is 6. The van der Waals surface area contributed by atoms with Crippen molar-refractivity contribution in [2.24, 2.45) is 0 Å². The Kier molecular flexibility index (Phi) is 4.76.